The van der Waals surface area contributed by atoms with E-state index < -0.39 is 10.2 Å². The summed E-state index contributed by atoms with van der Waals surface area (Å²) in [5, 5.41) is 3.28. The summed E-state index contributed by atoms with van der Waals surface area (Å²) in [5.74, 6) is 1.82. The topological polar surface area (TPSA) is 52.7 Å². The molecule has 18 heavy (non-hydrogen) atoms. The molecule has 5 nitrogen and oxygen atoms in total. The Bertz CT molecular complexity index is 316. The van der Waals surface area contributed by atoms with Gasteiger partial charge in [0.2, 0.25) is 0 Å². The quantitative estimate of drug-likeness (QED) is 0.666. The Morgan fingerprint density at radius 2 is 1.94 bits per heavy atom. The summed E-state index contributed by atoms with van der Waals surface area (Å²) in [6.07, 6.45) is 1.97. The van der Waals surface area contributed by atoms with Gasteiger partial charge in [0.05, 0.1) is 0 Å². The van der Waals surface area contributed by atoms with Gasteiger partial charge in [-0.25, -0.2) is 0 Å². The predicted molar refractivity (Wildman–Crippen MR) is 78.2 cm³/mol. The van der Waals surface area contributed by atoms with Gasteiger partial charge in [0.25, 0.3) is 10.2 Å². The highest BCUT2D eigenvalue weighted by Gasteiger charge is 2.27. The zero-order valence-electron chi connectivity index (χ0n) is 11.4. The number of thioether (sulfide) groups is 1. The second kappa shape index (κ2) is 8.37. The second-order valence-corrected chi connectivity index (χ2v) is 7.70. The fourth-order valence-electron chi connectivity index (χ4n) is 1.82. The number of hydrogen-bond acceptors (Lipinski definition) is 4. The lowest BCUT2D eigenvalue weighted by Gasteiger charge is -2.29. The molecule has 0 aliphatic carbocycles. The summed E-state index contributed by atoms with van der Waals surface area (Å²) in [4.78, 5) is 0. The average Bonchev–Trinajstić information content (AvgIpc) is 2.39. The Morgan fingerprint density at radius 3 is 2.56 bits per heavy atom. The largest absolute Gasteiger partial charge is 0.317 e. The average molecular weight is 295 g/mol. The van der Waals surface area contributed by atoms with Gasteiger partial charge in [-0.15, -0.1) is 0 Å². The first kappa shape index (κ1) is 16.2. The first-order chi connectivity index (χ1) is 8.59. The van der Waals surface area contributed by atoms with Gasteiger partial charge in [-0.05, 0) is 25.9 Å². The van der Waals surface area contributed by atoms with Crippen molar-refractivity contribution in [2.75, 3.05) is 51.3 Å². The van der Waals surface area contributed by atoms with Gasteiger partial charge >= 0.3 is 0 Å². The molecule has 1 heterocycles. The third kappa shape index (κ3) is 5.05. The molecule has 1 rings (SSSR count). The molecule has 0 unspecified atom stereocenters. The molecule has 0 amide bonds. The molecule has 1 fully saturated rings. The predicted octanol–water partition coefficient (Wildman–Crippen LogP) is 0.602. The third-order valence-corrected chi connectivity index (χ3v) is 5.87. The Kier molecular flexibility index (Phi) is 7.55. The van der Waals surface area contributed by atoms with Crippen molar-refractivity contribution >= 4 is 22.0 Å². The Balaban J connectivity index is 2.32. The molecule has 0 atom stereocenters. The van der Waals surface area contributed by atoms with Crippen molar-refractivity contribution < 1.29 is 8.42 Å². The van der Waals surface area contributed by atoms with Crippen LogP contribution in [0.5, 0.6) is 0 Å². The van der Waals surface area contributed by atoms with Crippen molar-refractivity contribution in [1.82, 2.24) is 13.9 Å². The molecule has 108 valence electrons. The summed E-state index contributed by atoms with van der Waals surface area (Å²) < 4.78 is 27.5. The highest BCUT2D eigenvalue weighted by Crippen LogP contribution is 2.15. The van der Waals surface area contributed by atoms with Crippen LogP contribution in [0.15, 0.2) is 0 Å². The maximum Gasteiger partial charge on any atom is 0.281 e. The summed E-state index contributed by atoms with van der Waals surface area (Å²) >= 11 is 1.82. The van der Waals surface area contributed by atoms with Crippen LogP contribution in [0.3, 0.4) is 0 Å². The maximum absolute atomic E-state index is 12.2. The molecule has 0 bridgehead atoms. The molecule has 0 aromatic rings. The SMILES string of the molecule is CCCNCCCN(C)S(=O)(=O)N1CCSCC1. The van der Waals surface area contributed by atoms with Crippen LogP contribution in [-0.4, -0.2) is 68.3 Å². The van der Waals surface area contributed by atoms with Crippen LogP contribution in [0.1, 0.15) is 19.8 Å². The van der Waals surface area contributed by atoms with Crippen molar-refractivity contribution in [3.05, 3.63) is 0 Å². The van der Waals surface area contributed by atoms with E-state index in [2.05, 4.69) is 12.2 Å². The molecule has 1 aliphatic rings. The fourth-order valence-corrected chi connectivity index (χ4v) is 4.35. The van der Waals surface area contributed by atoms with Gasteiger partial charge in [0.1, 0.15) is 0 Å². The van der Waals surface area contributed by atoms with Crippen LogP contribution in [0, 0.1) is 0 Å². The van der Waals surface area contributed by atoms with Crippen LogP contribution in [-0.2, 0) is 10.2 Å². The van der Waals surface area contributed by atoms with Crippen LogP contribution in [0.25, 0.3) is 0 Å². The zero-order valence-corrected chi connectivity index (χ0v) is 13.0. The number of nitrogens with zero attached hydrogens (tertiary/aromatic N) is 2. The molecular weight excluding hydrogens is 270 g/mol. The lowest BCUT2D eigenvalue weighted by atomic mass is 10.4. The van der Waals surface area contributed by atoms with Crippen molar-refractivity contribution in [3.63, 3.8) is 0 Å². The first-order valence-electron chi connectivity index (χ1n) is 6.59. The lowest BCUT2D eigenvalue weighted by molar-refractivity contribution is 0.372. The minimum absolute atomic E-state index is 0.586. The number of rotatable bonds is 8. The normalized spacial score (nSPS) is 18.4. The Labute approximate surface area is 115 Å². The van der Waals surface area contributed by atoms with E-state index in [1.807, 2.05) is 11.8 Å². The van der Waals surface area contributed by atoms with E-state index in [9.17, 15) is 8.42 Å². The molecule has 0 aromatic heterocycles. The van der Waals surface area contributed by atoms with Crippen LogP contribution in [0.2, 0.25) is 0 Å². The van der Waals surface area contributed by atoms with Gasteiger partial charge in [0, 0.05) is 38.2 Å². The molecule has 7 heteroatoms. The highest BCUT2D eigenvalue weighted by atomic mass is 32.2. The second-order valence-electron chi connectivity index (χ2n) is 4.44. The van der Waals surface area contributed by atoms with Crippen molar-refractivity contribution in [2.24, 2.45) is 0 Å². The lowest BCUT2D eigenvalue weighted by Crippen LogP contribution is -2.46. The first-order valence-corrected chi connectivity index (χ1v) is 9.14. The minimum atomic E-state index is -3.23. The standard InChI is InChI=1S/C11H25N3O2S2/c1-3-5-12-6-4-7-13(2)18(15,16)14-8-10-17-11-9-14/h12H,3-11H2,1-2H3. The van der Waals surface area contributed by atoms with Crippen molar-refractivity contribution in [1.29, 1.82) is 0 Å². The minimum Gasteiger partial charge on any atom is -0.317 e. The van der Waals surface area contributed by atoms with Gasteiger partial charge in [-0.3, -0.25) is 0 Å². The molecular formula is C11H25N3O2S2. The number of nitrogens with one attached hydrogen (secondary N) is 1. The molecule has 0 spiro atoms. The molecule has 0 radical (unpaired) electrons. The van der Waals surface area contributed by atoms with Gasteiger partial charge < -0.3 is 5.32 Å². The Hall–Kier alpha value is 0.180. The highest BCUT2D eigenvalue weighted by molar-refractivity contribution is 7.99. The Morgan fingerprint density at radius 1 is 1.28 bits per heavy atom. The van der Waals surface area contributed by atoms with Gasteiger partial charge in [-0.2, -0.15) is 28.8 Å². The molecule has 0 aromatic carbocycles. The van der Waals surface area contributed by atoms with Gasteiger partial charge in [-0.1, -0.05) is 6.92 Å². The maximum atomic E-state index is 12.2. The third-order valence-electron chi connectivity index (χ3n) is 2.94. The number of hydrogen-bond donors (Lipinski definition) is 1. The van der Waals surface area contributed by atoms with E-state index in [-0.39, 0.29) is 0 Å². The molecule has 1 saturated heterocycles. The fraction of sp³-hybridized carbons (Fsp3) is 1.00. The van der Waals surface area contributed by atoms with E-state index in [0.29, 0.717) is 19.6 Å². The van der Waals surface area contributed by atoms with E-state index in [1.165, 1.54) is 4.31 Å². The van der Waals surface area contributed by atoms with E-state index in [4.69, 9.17) is 0 Å². The molecule has 0 saturated carbocycles. The van der Waals surface area contributed by atoms with E-state index in [0.717, 1.165) is 37.4 Å². The molecule has 1 N–H and O–H groups in total. The van der Waals surface area contributed by atoms with Crippen molar-refractivity contribution in [3.8, 4) is 0 Å². The van der Waals surface area contributed by atoms with E-state index >= 15 is 0 Å². The summed E-state index contributed by atoms with van der Waals surface area (Å²) in [6.45, 7) is 5.88. The summed E-state index contributed by atoms with van der Waals surface area (Å²) in [5.41, 5.74) is 0. The summed E-state index contributed by atoms with van der Waals surface area (Å²) in [7, 11) is -1.55. The molecule has 1 aliphatic heterocycles. The van der Waals surface area contributed by atoms with Crippen LogP contribution >= 0.6 is 11.8 Å². The summed E-state index contributed by atoms with van der Waals surface area (Å²) in [6, 6.07) is 0. The van der Waals surface area contributed by atoms with Crippen LogP contribution in [0.4, 0.5) is 0 Å². The monoisotopic (exact) mass is 295 g/mol. The smallest absolute Gasteiger partial charge is 0.281 e. The van der Waals surface area contributed by atoms with Crippen molar-refractivity contribution in [2.45, 2.75) is 19.8 Å². The van der Waals surface area contributed by atoms with Crippen LogP contribution < -0.4 is 5.32 Å². The van der Waals surface area contributed by atoms with E-state index in [1.54, 1.807) is 11.4 Å². The zero-order chi connectivity index (χ0) is 13.4. The van der Waals surface area contributed by atoms with Gasteiger partial charge in [0.15, 0.2) is 0 Å².